The minimum absolute atomic E-state index is 0.0201. The number of halogens is 1. The zero-order chi connectivity index (χ0) is 20.2. The lowest BCUT2D eigenvalue weighted by atomic mass is 10.1. The van der Waals surface area contributed by atoms with Crippen molar-refractivity contribution >= 4 is 16.8 Å². The van der Waals surface area contributed by atoms with E-state index in [1.165, 1.54) is 24.3 Å². The molecule has 8 heteroatoms. The maximum atomic E-state index is 13.3. The van der Waals surface area contributed by atoms with Crippen LogP contribution in [0.15, 0.2) is 63.9 Å². The molecule has 0 saturated carbocycles. The van der Waals surface area contributed by atoms with Gasteiger partial charge in [-0.25, -0.2) is 4.39 Å². The van der Waals surface area contributed by atoms with Gasteiger partial charge in [-0.2, -0.15) is 4.98 Å². The highest BCUT2D eigenvalue weighted by Gasteiger charge is 2.13. The first-order valence-corrected chi connectivity index (χ1v) is 9.09. The molecule has 2 aromatic heterocycles. The molecular weight excluding hydrogens is 375 g/mol. The number of aryl methyl sites for hydroxylation is 1. The van der Waals surface area contributed by atoms with Crippen LogP contribution in [-0.4, -0.2) is 27.6 Å². The van der Waals surface area contributed by atoms with E-state index in [0.717, 1.165) is 5.56 Å². The summed E-state index contributed by atoms with van der Waals surface area (Å²) in [5.41, 5.74) is 0.627. The molecule has 0 aliphatic rings. The van der Waals surface area contributed by atoms with Crippen LogP contribution in [0, 0.1) is 5.82 Å². The summed E-state index contributed by atoms with van der Waals surface area (Å²) in [5, 5.41) is 7.23. The van der Waals surface area contributed by atoms with Crippen LogP contribution in [0.4, 0.5) is 4.39 Å². The Hall–Kier alpha value is -3.81. The SMILES string of the molecule is O=C(NCCCc1nc(-c2ccccc2)no1)c1cc2ccc(F)cc2[nH]c1=O. The molecule has 0 aliphatic carbocycles. The summed E-state index contributed by atoms with van der Waals surface area (Å²) in [6.45, 7) is 0.336. The van der Waals surface area contributed by atoms with Crippen molar-refractivity contribution in [2.75, 3.05) is 6.54 Å². The van der Waals surface area contributed by atoms with Gasteiger partial charge in [0.05, 0.1) is 5.52 Å². The third-order valence-corrected chi connectivity index (χ3v) is 4.41. The number of nitrogens with zero attached hydrogens (tertiary/aromatic N) is 2. The molecule has 4 aromatic rings. The lowest BCUT2D eigenvalue weighted by Gasteiger charge is -2.05. The van der Waals surface area contributed by atoms with E-state index in [9.17, 15) is 14.0 Å². The number of rotatable bonds is 6. The molecular formula is C21H17FN4O3. The van der Waals surface area contributed by atoms with E-state index in [1.807, 2.05) is 30.3 Å². The molecule has 146 valence electrons. The zero-order valence-electron chi connectivity index (χ0n) is 15.3. The molecule has 29 heavy (non-hydrogen) atoms. The van der Waals surface area contributed by atoms with E-state index < -0.39 is 17.3 Å². The van der Waals surface area contributed by atoms with Gasteiger partial charge >= 0.3 is 0 Å². The van der Waals surface area contributed by atoms with Gasteiger partial charge in [-0.3, -0.25) is 9.59 Å². The number of hydrogen-bond acceptors (Lipinski definition) is 5. The van der Waals surface area contributed by atoms with Crippen molar-refractivity contribution in [1.29, 1.82) is 0 Å². The van der Waals surface area contributed by atoms with E-state index in [0.29, 0.717) is 42.0 Å². The summed E-state index contributed by atoms with van der Waals surface area (Å²) in [7, 11) is 0. The highest BCUT2D eigenvalue weighted by Crippen LogP contribution is 2.15. The third-order valence-electron chi connectivity index (χ3n) is 4.41. The molecule has 4 rings (SSSR count). The highest BCUT2D eigenvalue weighted by molar-refractivity contribution is 5.97. The third kappa shape index (κ3) is 4.21. The number of benzene rings is 2. The molecule has 0 unspecified atom stereocenters. The Balaban J connectivity index is 1.34. The van der Waals surface area contributed by atoms with Crippen molar-refractivity contribution in [3.05, 3.63) is 82.2 Å². The minimum Gasteiger partial charge on any atom is -0.352 e. The first-order valence-electron chi connectivity index (χ1n) is 9.09. The van der Waals surface area contributed by atoms with Crippen molar-refractivity contribution in [1.82, 2.24) is 20.4 Å². The molecule has 1 amide bonds. The molecule has 0 saturated heterocycles. The number of carbonyl (C=O) groups is 1. The number of H-pyrrole nitrogens is 1. The van der Waals surface area contributed by atoms with Gasteiger partial charge < -0.3 is 14.8 Å². The Kier molecular flexibility index (Phi) is 5.15. The molecule has 0 radical (unpaired) electrons. The Morgan fingerprint density at radius 3 is 2.79 bits per heavy atom. The standard InChI is InChI=1S/C21H17FN4O3/c22-15-9-8-14-11-16(21(28)24-17(14)12-15)20(27)23-10-4-7-18-25-19(26-29-18)13-5-2-1-3-6-13/h1-3,5-6,8-9,11-12H,4,7,10H2,(H,23,27)(H,24,28). The predicted molar refractivity (Wildman–Crippen MR) is 105 cm³/mol. The van der Waals surface area contributed by atoms with E-state index in [2.05, 4.69) is 20.4 Å². The Morgan fingerprint density at radius 1 is 1.14 bits per heavy atom. The normalized spacial score (nSPS) is 10.9. The Morgan fingerprint density at radius 2 is 1.97 bits per heavy atom. The second-order valence-corrected chi connectivity index (χ2v) is 6.48. The Labute approximate surface area is 164 Å². The number of pyridine rings is 1. The lowest BCUT2D eigenvalue weighted by Crippen LogP contribution is -2.30. The molecule has 0 fully saturated rings. The quantitative estimate of drug-likeness (QED) is 0.491. The molecule has 2 heterocycles. The number of aromatic amines is 1. The predicted octanol–water partition coefficient (Wildman–Crippen LogP) is 3.08. The van der Waals surface area contributed by atoms with Crippen molar-refractivity contribution in [3.8, 4) is 11.4 Å². The molecule has 0 bridgehead atoms. The average molecular weight is 392 g/mol. The molecule has 2 N–H and O–H groups in total. The summed E-state index contributed by atoms with van der Waals surface area (Å²) in [4.78, 5) is 31.3. The van der Waals surface area contributed by atoms with Crippen LogP contribution < -0.4 is 10.9 Å². The summed E-state index contributed by atoms with van der Waals surface area (Å²) < 4.78 is 18.5. The summed E-state index contributed by atoms with van der Waals surface area (Å²) >= 11 is 0. The van der Waals surface area contributed by atoms with Crippen LogP contribution in [0.25, 0.3) is 22.3 Å². The molecule has 0 atom stereocenters. The number of aromatic nitrogens is 3. The second kappa shape index (κ2) is 8.05. The second-order valence-electron chi connectivity index (χ2n) is 6.48. The van der Waals surface area contributed by atoms with E-state index in [1.54, 1.807) is 0 Å². The van der Waals surface area contributed by atoms with Crippen molar-refractivity contribution in [2.24, 2.45) is 0 Å². The van der Waals surface area contributed by atoms with Crippen LogP contribution in [0.3, 0.4) is 0 Å². The minimum atomic E-state index is -0.565. The van der Waals surface area contributed by atoms with E-state index in [4.69, 9.17) is 4.52 Å². The van der Waals surface area contributed by atoms with Gasteiger partial charge in [-0.05, 0) is 36.1 Å². The number of carbonyl (C=O) groups excluding carboxylic acids is 1. The number of hydrogen-bond donors (Lipinski definition) is 2. The number of fused-ring (bicyclic) bond motifs is 1. The van der Waals surface area contributed by atoms with Crippen molar-refractivity contribution in [3.63, 3.8) is 0 Å². The number of amides is 1. The van der Waals surface area contributed by atoms with Crippen LogP contribution >= 0.6 is 0 Å². The van der Waals surface area contributed by atoms with Gasteiger partial charge in [0.2, 0.25) is 11.7 Å². The first-order chi connectivity index (χ1) is 14.1. The highest BCUT2D eigenvalue weighted by atomic mass is 19.1. The fourth-order valence-electron chi connectivity index (χ4n) is 2.94. The molecule has 0 spiro atoms. The van der Waals surface area contributed by atoms with Crippen LogP contribution in [0.1, 0.15) is 22.7 Å². The fourth-order valence-corrected chi connectivity index (χ4v) is 2.94. The molecule has 0 aliphatic heterocycles. The summed E-state index contributed by atoms with van der Waals surface area (Å²) in [6, 6.07) is 14.9. The summed E-state index contributed by atoms with van der Waals surface area (Å²) in [6.07, 6.45) is 1.06. The van der Waals surface area contributed by atoms with Gasteiger partial charge in [-0.1, -0.05) is 35.5 Å². The van der Waals surface area contributed by atoms with Gasteiger partial charge in [-0.15, -0.1) is 0 Å². The van der Waals surface area contributed by atoms with E-state index >= 15 is 0 Å². The maximum Gasteiger partial charge on any atom is 0.261 e. The largest absolute Gasteiger partial charge is 0.352 e. The number of nitrogens with one attached hydrogen (secondary N) is 2. The van der Waals surface area contributed by atoms with Crippen molar-refractivity contribution in [2.45, 2.75) is 12.8 Å². The Bertz CT molecular complexity index is 1220. The molecule has 2 aromatic carbocycles. The van der Waals surface area contributed by atoms with Gasteiger partial charge in [0, 0.05) is 18.5 Å². The maximum absolute atomic E-state index is 13.3. The van der Waals surface area contributed by atoms with Crippen molar-refractivity contribution < 1.29 is 13.7 Å². The zero-order valence-corrected chi connectivity index (χ0v) is 15.3. The average Bonchev–Trinajstić information content (AvgIpc) is 3.20. The van der Waals surface area contributed by atoms with Crippen LogP contribution in [-0.2, 0) is 6.42 Å². The monoisotopic (exact) mass is 392 g/mol. The smallest absolute Gasteiger partial charge is 0.261 e. The van der Waals surface area contributed by atoms with Gasteiger partial charge in [0.25, 0.3) is 11.5 Å². The topological polar surface area (TPSA) is 101 Å². The lowest BCUT2D eigenvalue weighted by molar-refractivity contribution is 0.0951. The summed E-state index contributed by atoms with van der Waals surface area (Å²) in [5.74, 6) is 0.0437. The van der Waals surface area contributed by atoms with Gasteiger partial charge in [0.1, 0.15) is 11.4 Å². The van der Waals surface area contributed by atoms with Gasteiger partial charge in [0.15, 0.2) is 0 Å². The van der Waals surface area contributed by atoms with E-state index in [-0.39, 0.29) is 5.56 Å². The van der Waals surface area contributed by atoms with Crippen LogP contribution in [0.2, 0.25) is 0 Å². The van der Waals surface area contributed by atoms with Crippen LogP contribution in [0.5, 0.6) is 0 Å². The first kappa shape index (κ1) is 18.5. The molecule has 7 nitrogen and oxygen atoms in total. The fraction of sp³-hybridized carbons (Fsp3) is 0.143.